The van der Waals surface area contributed by atoms with Crippen molar-refractivity contribution in [2.75, 3.05) is 32.6 Å². The van der Waals surface area contributed by atoms with Crippen molar-refractivity contribution in [3.8, 4) is 11.5 Å². The summed E-state index contributed by atoms with van der Waals surface area (Å²) < 4.78 is 10.5. The van der Waals surface area contributed by atoms with Gasteiger partial charge in [-0.3, -0.25) is 9.88 Å². The molecule has 1 fully saturated rings. The van der Waals surface area contributed by atoms with E-state index < -0.39 is 0 Å². The van der Waals surface area contributed by atoms with Gasteiger partial charge in [-0.2, -0.15) is 0 Å². The van der Waals surface area contributed by atoms with E-state index in [1.54, 1.807) is 32.4 Å². The summed E-state index contributed by atoms with van der Waals surface area (Å²) in [4.78, 5) is 19.1. The van der Waals surface area contributed by atoms with Gasteiger partial charge in [-0.25, -0.2) is 4.79 Å². The Morgan fingerprint density at radius 2 is 2.00 bits per heavy atom. The summed E-state index contributed by atoms with van der Waals surface area (Å²) in [6.45, 7) is 2.73. The van der Waals surface area contributed by atoms with Gasteiger partial charge in [0.25, 0.3) is 0 Å². The third kappa shape index (κ3) is 5.34. The Balaban J connectivity index is 1.47. The van der Waals surface area contributed by atoms with Crippen LogP contribution >= 0.6 is 0 Å². The number of rotatable bonds is 6. The number of carbonyl (C=O) groups is 1. The van der Waals surface area contributed by atoms with Gasteiger partial charge in [0.15, 0.2) is 0 Å². The van der Waals surface area contributed by atoms with Crippen LogP contribution in [0.15, 0.2) is 42.6 Å². The number of anilines is 1. The fourth-order valence-electron chi connectivity index (χ4n) is 3.20. The second kappa shape index (κ2) is 9.23. The van der Waals surface area contributed by atoms with Gasteiger partial charge < -0.3 is 20.1 Å². The minimum absolute atomic E-state index is 0.161. The monoisotopic (exact) mass is 370 g/mol. The molecule has 1 aromatic carbocycles. The SMILES string of the molecule is COc1ccc(NC(=O)NC2CCN(Cc3ccccn3)CC2)c(OC)c1. The first kappa shape index (κ1) is 19.0. The molecule has 0 atom stereocenters. The topological polar surface area (TPSA) is 75.7 Å². The summed E-state index contributed by atoms with van der Waals surface area (Å²) in [5.74, 6) is 1.24. The van der Waals surface area contributed by atoms with E-state index in [2.05, 4.69) is 20.5 Å². The number of aromatic nitrogens is 1. The molecule has 144 valence electrons. The first-order chi connectivity index (χ1) is 13.2. The number of urea groups is 1. The van der Waals surface area contributed by atoms with Gasteiger partial charge >= 0.3 is 6.03 Å². The third-order valence-corrected chi connectivity index (χ3v) is 4.69. The predicted molar refractivity (Wildman–Crippen MR) is 104 cm³/mol. The second-order valence-corrected chi connectivity index (χ2v) is 6.54. The zero-order valence-electron chi connectivity index (χ0n) is 15.8. The van der Waals surface area contributed by atoms with E-state index in [-0.39, 0.29) is 12.1 Å². The minimum Gasteiger partial charge on any atom is -0.497 e. The standard InChI is InChI=1S/C20H26N4O3/c1-26-17-6-7-18(19(13-17)27-2)23-20(25)22-15-8-11-24(12-9-15)14-16-5-3-4-10-21-16/h3-7,10,13,15H,8-9,11-12,14H2,1-2H3,(H2,22,23,25). The third-order valence-electron chi connectivity index (χ3n) is 4.69. The number of hydrogen-bond acceptors (Lipinski definition) is 5. The number of ether oxygens (including phenoxy) is 2. The summed E-state index contributed by atoms with van der Waals surface area (Å²) in [5.41, 5.74) is 1.69. The molecule has 27 heavy (non-hydrogen) atoms. The number of pyridine rings is 1. The predicted octanol–water partition coefficient (Wildman–Crippen LogP) is 2.88. The lowest BCUT2D eigenvalue weighted by molar-refractivity contribution is 0.188. The molecule has 2 heterocycles. The molecule has 2 aromatic rings. The molecule has 0 saturated carbocycles. The van der Waals surface area contributed by atoms with Gasteiger partial charge in [-0.1, -0.05) is 6.07 Å². The molecule has 1 aliphatic rings. The van der Waals surface area contributed by atoms with Crippen LogP contribution in [0.4, 0.5) is 10.5 Å². The highest BCUT2D eigenvalue weighted by molar-refractivity contribution is 5.91. The van der Waals surface area contributed by atoms with Crippen LogP contribution < -0.4 is 20.1 Å². The molecule has 7 heteroatoms. The highest BCUT2D eigenvalue weighted by Crippen LogP contribution is 2.29. The van der Waals surface area contributed by atoms with Crippen molar-refractivity contribution in [3.63, 3.8) is 0 Å². The van der Waals surface area contributed by atoms with E-state index in [0.29, 0.717) is 17.2 Å². The number of amides is 2. The summed E-state index contributed by atoms with van der Waals surface area (Å²) in [6, 6.07) is 11.2. The van der Waals surface area contributed by atoms with Crippen LogP contribution in [0.3, 0.4) is 0 Å². The zero-order valence-corrected chi connectivity index (χ0v) is 15.8. The van der Waals surface area contributed by atoms with E-state index in [1.807, 2.05) is 24.4 Å². The number of likely N-dealkylation sites (tertiary alicyclic amines) is 1. The molecule has 1 aromatic heterocycles. The van der Waals surface area contributed by atoms with E-state index >= 15 is 0 Å². The van der Waals surface area contributed by atoms with E-state index in [9.17, 15) is 4.79 Å². The molecule has 2 N–H and O–H groups in total. The first-order valence-corrected chi connectivity index (χ1v) is 9.09. The van der Waals surface area contributed by atoms with Crippen molar-refractivity contribution >= 4 is 11.7 Å². The van der Waals surface area contributed by atoms with Gasteiger partial charge in [0.1, 0.15) is 11.5 Å². The number of nitrogens with zero attached hydrogens (tertiary/aromatic N) is 2. The minimum atomic E-state index is -0.221. The van der Waals surface area contributed by atoms with Crippen LogP contribution in [-0.2, 0) is 6.54 Å². The van der Waals surface area contributed by atoms with Crippen molar-refractivity contribution in [3.05, 3.63) is 48.3 Å². The maximum Gasteiger partial charge on any atom is 0.319 e. The quantitative estimate of drug-likeness (QED) is 0.818. The van der Waals surface area contributed by atoms with Crippen molar-refractivity contribution in [2.45, 2.75) is 25.4 Å². The van der Waals surface area contributed by atoms with Gasteiger partial charge in [0, 0.05) is 37.9 Å². The van der Waals surface area contributed by atoms with Crippen LogP contribution in [0.25, 0.3) is 0 Å². The van der Waals surface area contributed by atoms with Crippen molar-refractivity contribution in [2.24, 2.45) is 0 Å². The molecule has 7 nitrogen and oxygen atoms in total. The zero-order chi connectivity index (χ0) is 19.1. The Bertz CT molecular complexity index is 746. The van der Waals surface area contributed by atoms with Gasteiger partial charge in [0.2, 0.25) is 0 Å². The summed E-state index contributed by atoms with van der Waals surface area (Å²) in [5, 5.41) is 5.91. The first-order valence-electron chi connectivity index (χ1n) is 9.09. The normalized spacial score (nSPS) is 15.2. The molecule has 0 radical (unpaired) electrons. The molecule has 0 aliphatic carbocycles. The molecule has 0 bridgehead atoms. The Morgan fingerprint density at radius 3 is 2.67 bits per heavy atom. The molecule has 0 spiro atoms. The van der Waals surface area contributed by atoms with Gasteiger partial charge in [-0.05, 0) is 37.1 Å². The fraction of sp³-hybridized carbons (Fsp3) is 0.400. The summed E-state index contributed by atoms with van der Waals surface area (Å²) in [6.07, 6.45) is 3.65. The Hall–Kier alpha value is -2.80. The van der Waals surface area contributed by atoms with Gasteiger partial charge in [0.05, 0.1) is 25.6 Å². The van der Waals surface area contributed by atoms with Crippen molar-refractivity contribution in [1.29, 1.82) is 0 Å². The maximum absolute atomic E-state index is 12.3. The number of methoxy groups -OCH3 is 2. The highest BCUT2D eigenvalue weighted by atomic mass is 16.5. The molecule has 0 unspecified atom stereocenters. The molecular weight excluding hydrogens is 344 g/mol. The Morgan fingerprint density at radius 1 is 1.19 bits per heavy atom. The molecule has 1 aliphatic heterocycles. The maximum atomic E-state index is 12.3. The van der Waals surface area contributed by atoms with Crippen molar-refractivity contribution < 1.29 is 14.3 Å². The smallest absolute Gasteiger partial charge is 0.319 e. The van der Waals surface area contributed by atoms with E-state index in [4.69, 9.17) is 9.47 Å². The van der Waals surface area contributed by atoms with Crippen molar-refractivity contribution in [1.82, 2.24) is 15.2 Å². The van der Waals surface area contributed by atoms with E-state index in [0.717, 1.165) is 38.2 Å². The Labute approximate surface area is 159 Å². The van der Waals surface area contributed by atoms with Crippen LogP contribution in [0.2, 0.25) is 0 Å². The van der Waals surface area contributed by atoms with Crippen LogP contribution in [0.5, 0.6) is 11.5 Å². The lowest BCUT2D eigenvalue weighted by atomic mass is 10.1. The lowest BCUT2D eigenvalue weighted by Crippen LogP contribution is -2.45. The Kier molecular flexibility index (Phi) is 6.49. The molecule has 2 amide bonds. The van der Waals surface area contributed by atoms with Crippen LogP contribution in [-0.4, -0.2) is 49.3 Å². The average molecular weight is 370 g/mol. The van der Waals surface area contributed by atoms with E-state index in [1.165, 1.54) is 0 Å². The number of nitrogens with one attached hydrogen (secondary N) is 2. The fourth-order valence-corrected chi connectivity index (χ4v) is 3.20. The number of benzene rings is 1. The summed E-state index contributed by atoms with van der Waals surface area (Å²) >= 11 is 0. The average Bonchev–Trinajstić information content (AvgIpc) is 2.70. The highest BCUT2D eigenvalue weighted by Gasteiger charge is 2.21. The lowest BCUT2D eigenvalue weighted by Gasteiger charge is -2.32. The van der Waals surface area contributed by atoms with Gasteiger partial charge in [-0.15, -0.1) is 0 Å². The molecule has 1 saturated heterocycles. The molecule has 3 rings (SSSR count). The summed E-state index contributed by atoms with van der Waals surface area (Å²) in [7, 11) is 3.16. The second-order valence-electron chi connectivity index (χ2n) is 6.54. The number of piperidine rings is 1. The van der Waals surface area contributed by atoms with Crippen LogP contribution in [0.1, 0.15) is 18.5 Å². The van der Waals surface area contributed by atoms with Crippen LogP contribution in [0, 0.1) is 0 Å². The molecular formula is C20H26N4O3. The number of hydrogen-bond donors (Lipinski definition) is 2. The largest absolute Gasteiger partial charge is 0.497 e. The number of carbonyl (C=O) groups excluding carboxylic acids is 1.